The third kappa shape index (κ3) is 6.30. The molecule has 7 nitrogen and oxygen atoms in total. The van der Waals surface area contributed by atoms with E-state index < -0.39 is 11.8 Å². The van der Waals surface area contributed by atoms with Gasteiger partial charge in [0.1, 0.15) is 17.2 Å². The molecule has 2 aromatic carbocycles. The number of amides is 2. The Balaban J connectivity index is 1.78. The zero-order chi connectivity index (χ0) is 22.1. The number of allylic oxidation sites excluding steroid dienone is 1. The number of nitrogens with one attached hydrogen (secondary N) is 2. The molecular formula is C24H21N3O4. The summed E-state index contributed by atoms with van der Waals surface area (Å²) >= 11 is 0. The largest absolute Gasteiger partial charge is 0.507 e. The second kappa shape index (κ2) is 10.4. The Morgan fingerprint density at radius 3 is 2.42 bits per heavy atom. The highest BCUT2D eigenvalue weighted by Crippen LogP contribution is 2.18. The highest BCUT2D eigenvalue weighted by atomic mass is 16.3. The van der Waals surface area contributed by atoms with Gasteiger partial charge in [-0.1, -0.05) is 36.4 Å². The second-order valence-electron chi connectivity index (χ2n) is 6.54. The molecule has 156 valence electrons. The summed E-state index contributed by atoms with van der Waals surface area (Å²) in [6.07, 6.45) is 6.15. The molecule has 1 heterocycles. The lowest BCUT2D eigenvalue weighted by molar-refractivity contribution is -0.117. The number of rotatable bonds is 7. The molecule has 3 aromatic rings. The molecule has 0 saturated heterocycles. The fourth-order valence-electron chi connectivity index (χ4n) is 2.60. The lowest BCUT2D eigenvalue weighted by Gasteiger charge is -2.09. The van der Waals surface area contributed by atoms with Crippen LogP contribution in [0.25, 0.3) is 12.2 Å². The minimum absolute atomic E-state index is 0.0255. The van der Waals surface area contributed by atoms with Crippen LogP contribution in [0, 0.1) is 0 Å². The van der Waals surface area contributed by atoms with Crippen molar-refractivity contribution < 1.29 is 19.1 Å². The van der Waals surface area contributed by atoms with E-state index in [4.69, 9.17) is 4.42 Å². The molecule has 31 heavy (non-hydrogen) atoms. The van der Waals surface area contributed by atoms with Crippen molar-refractivity contribution in [2.45, 2.75) is 6.92 Å². The number of nitrogens with zero attached hydrogens (tertiary/aromatic N) is 1. The lowest BCUT2D eigenvalue weighted by atomic mass is 10.1. The number of phenols is 1. The van der Waals surface area contributed by atoms with Crippen LogP contribution in [0.2, 0.25) is 0 Å². The van der Waals surface area contributed by atoms with E-state index in [-0.39, 0.29) is 11.4 Å². The van der Waals surface area contributed by atoms with Gasteiger partial charge < -0.3 is 14.8 Å². The van der Waals surface area contributed by atoms with Gasteiger partial charge in [0, 0.05) is 11.1 Å². The molecule has 0 bridgehead atoms. The summed E-state index contributed by atoms with van der Waals surface area (Å²) in [5.41, 5.74) is 3.82. The molecule has 0 atom stereocenters. The Bertz CT molecular complexity index is 1130. The minimum atomic E-state index is -0.644. The van der Waals surface area contributed by atoms with Crippen LogP contribution in [-0.2, 0) is 4.79 Å². The zero-order valence-electron chi connectivity index (χ0n) is 16.8. The number of furan rings is 1. The first-order chi connectivity index (χ1) is 15.0. The van der Waals surface area contributed by atoms with E-state index >= 15 is 0 Å². The molecule has 0 radical (unpaired) electrons. The topological polar surface area (TPSA) is 104 Å². The van der Waals surface area contributed by atoms with E-state index in [0.29, 0.717) is 16.9 Å². The van der Waals surface area contributed by atoms with E-state index in [1.165, 1.54) is 18.4 Å². The Kier molecular flexibility index (Phi) is 7.16. The average Bonchev–Trinajstić information content (AvgIpc) is 3.28. The Hall–Kier alpha value is -4.39. The maximum absolute atomic E-state index is 12.7. The number of phenolic OH excluding ortho intramolecular Hbond substituents is 1. The van der Waals surface area contributed by atoms with Crippen LogP contribution in [0.4, 0.5) is 0 Å². The molecular weight excluding hydrogens is 394 g/mol. The Morgan fingerprint density at radius 1 is 0.968 bits per heavy atom. The van der Waals surface area contributed by atoms with E-state index in [1.807, 2.05) is 0 Å². The molecule has 0 saturated carbocycles. The van der Waals surface area contributed by atoms with Crippen molar-refractivity contribution in [1.29, 1.82) is 0 Å². The fraction of sp³-hybridized carbons (Fsp3) is 0.0417. The van der Waals surface area contributed by atoms with Crippen molar-refractivity contribution >= 4 is 30.2 Å². The predicted octanol–water partition coefficient (Wildman–Crippen LogP) is 3.96. The number of hydrazone groups is 1. The smallest absolute Gasteiger partial charge is 0.287 e. The highest BCUT2D eigenvalue weighted by Gasteiger charge is 2.15. The number of carbonyl (C=O) groups excluding carboxylic acids is 2. The molecule has 0 aliphatic heterocycles. The number of hydrogen-bond donors (Lipinski definition) is 3. The summed E-state index contributed by atoms with van der Waals surface area (Å²) in [4.78, 5) is 25.2. The van der Waals surface area contributed by atoms with Gasteiger partial charge in [0.2, 0.25) is 0 Å². The zero-order valence-corrected chi connectivity index (χ0v) is 16.8. The first-order valence-corrected chi connectivity index (χ1v) is 9.44. The monoisotopic (exact) mass is 415 g/mol. The van der Waals surface area contributed by atoms with Gasteiger partial charge in [0.25, 0.3) is 11.8 Å². The maximum atomic E-state index is 12.7. The van der Waals surface area contributed by atoms with E-state index in [1.54, 1.807) is 79.9 Å². The van der Waals surface area contributed by atoms with Crippen LogP contribution >= 0.6 is 0 Å². The molecule has 7 heteroatoms. The van der Waals surface area contributed by atoms with Crippen molar-refractivity contribution in [2.75, 3.05) is 0 Å². The van der Waals surface area contributed by atoms with E-state index in [2.05, 4.69) is 15.8 Å². The Morgan fingerprint density at radius 2 is 1.71 bits per heavy atom. The molecule has 3 N–H and O–H groups in total. The van der Waals surface area contributed by atoms with Gasteiger partial charge in [-0.25, -0.2) is 5.43 Å². The van der Waals surface area contributed by atoms with Gasteiger partial charge >= 0.3 is 0 Å². The molecule has 0 fully saturated rings. The Labute approximate surface area is 179 Å². The first kappa shape index (κ1) is 21.3. The standard InChI is InChI=1S/C24H21N3O4/c1-17(14-20-11-7-13-31-20)16-25-27-24(30)21(15-19-10-5-6-12-22(19)28)26-23(29)18-8-3-2-4-9-18/h2-16,28H,1H3,(H,26,29)(H,27,30)/b17-14?,21-15-,25-16-. The van der Waals surface area contributed by atoms with Crippen molar-refractivity contribution in [2.24, 2.45) is 5.10 Å². The van der Waals surface area contributed by atoms with Crippen molar-refractivity contribution in [3.05, 3.63) is 101 Å². The summed E-state index contributed by atoms with van der Waals surface area (Å²) in [6, 6.07) is 18.5. The van der Waals surface area contributed by atoms with Crippen LogP contribution in [0.5, 0.6) is 5.75 Å². The first-order valence-electron chi connectivity index (χ1n) is 9.44. The van der Waals surface area contributed by atoms with Crippen LogP contribution in [0.3, 0.4) is 0 Å². The van der Waals surface area contributed by atoms with Crippen LogP contribution in [0.15, 0.2) is 93.8 Å². The normalized spacial score (nSPS) is 12.0. The number of carbonyl (C=O) groups is 2. The van der Waals surface area contributed by atoms with E-state index in [0.717, 1.165) is 5.57 Å². The molecule has 0 aliphatic carbocycles. The molecule has 1 aromatic heterocycles. The summed E-state index contributed by atoms with van der Waals surface area (Å²) in [7, 11) is 0. The lowest BCUT2D eigenvalue weighted by Crippen LogP contribution is -2.32. The van der Waals surface area contributed by atoms with Gasteiger partial charge in [0.05, 0.1) is 12.5 Å². The predicted molar refractivity (Wildman–Crippen MR) is 119 cm³/mol. The molecule has 3 rings (SSSR count). The summed E-state index contributed by atoms with van der Waals surface area (Å²) in [5.74, 6) is -0.474. The quantitative estimate of drug-likeness (QED) is 0.309. The van der Waals surface area contributed by atoms with Gasteiger partial charge in [-0.15, -0.1) is 0 Å². The second-order valence-corrected chi connectivity index (χ2v) is 6.54. The van der Waals surface area contributed by atoms with Gasteiger partial charge in [0.15, 0.2) is 0 Å². The van der Waals surface area contributed by atoms with Crippen molar-refractivity contribution in [1.82, 2.24) is 10.7 Å². The average molecular weight is 415 g/mol. The highest BCUT2D eigenvalue weighted by molar-refractivity contribution is 6.05. The van der Waals surface area contributed by atoms with Crippen LogP contribution < -0.4 is 10.7 Å². The molecule has 0 unspecified atom stereocenters. The number of benzene rings is 2. The fourth-order valence-corrected chi connectivity index (χ4v) is 2.60. The van der Waals surface area contributed by atoms with Gasteiger partial charge in [-0.3, -0.25) is 9.59 Å². The summed E-state index contributed by atoms with van der Waals surface area (Å²) in [5, 5.41) is 16.5. The number of para-hydroxylation sites is 1. The molecule has 2 amide bonds. The maximum Gasteiger partial charge on any atom is 0.287 e. The van der Waals surface area contributed by atoms with Gasteiger partial charge in [-0.2, -0.15) is 5.10 Å². The summed E-state index contributed by atoms with van der Waals surface area (Å²) < 4.78 is 5.23. The van der Waals surface area contributed by atoms with Gasteiger partial charge in [-0.05, 0) is 55.0 Å². The third-order valence-corrected chi connectivity index (χ3v) is 4.11. The SMILES string of the molecule is CC(=Cc1ccco1)/C=N\NC(=O)/C(=C/c1ccccc1O)NC(=O)c1ccccc1. The van der Waals surface area contributed by atoms with Crippen LogP contribution in [0.1, 0.15) is 28.6 Å². The minimum Gasteiger partial charge on any atom is -0.507 e. The molecule has 0 aliphatic rings. The molecule has 0 spiro atoms. The third-order valence-electron chi connectivity index (χ3n) is 4.11. The number of aromatic hydroxyl groups is 1. The van der Waals surface area contributed by atoms with Crippen molar-refractivity contribution in [3.63, 3.8) is 0 Å². The summed E-state index contributed by atoms with van der Waals surface area (Å²) in [6.45, 7) is 1.80. The number of hydrogen-bond acceptors (Lipinski definition) is 5. The van der Waals surface area contributed by atoms with Crippen LogP contribution in [-0.4, -0.2) is 23.1 Å². The van der Waals surface area contributed by atoms with Crippen molar-refractivity contribution in [3.8, 4) is 5.75 Å². The van der Waals surface area contributed by atoms with E-state index in [9.17, 15) is 14.7 Å².